The number of rotatable bonds is 5. The smallest absolute Gasteiger partial charge is 0.145 e. The molecule has 0 unspecified atom stereocenters. The first-order chi connectivity index (χ1) is 7.65. The Bertz CT molecular complexity index is 411. The Kier molecular flexibility index (Phi) is 4.12. The highest BCUT2D eigenvalue weighted by molar-refractivity contribution is 5.57. The number of nitriles is 1. The molecule has 0 aliphatic rings. The maximum atomic E-state index is 9.14. The van der Waals surface area contributed by atoms with Crippen molar-refractivity contribution in [1.82, 2.24) is 9.78 Å². The number of hydrogen-bond donors (Lipinski definition) is 0. The van der Waals surface area contributed by atoms with E-state index in [4.69, 9.17) is 5.26 Å². The molecule has 0 N–H and O–H groups in total. The lowest BCUT2D eigenvalue weighted by atomic mass is 10.2. The maximum Gasteiger partial charge on any atom is 0.145 e. The second kappa shape index (κ2) is 5.36. The summed E-state index contributed by atoms with van der Waals surface area (Å²) in [4.78, 5) is 2.13. The van der Waals surface area contributed by atoms with Crippen LogP contribution in [0.5, 0.6) is 0 Å². The Labute approximate surface area is 96.8 Å². The van der Waals surface area contributed by atoms with Gasteiger partial charge in [0.2, 0.25) is 0 Å². The van der Waals surface area contributed by atoms with E-state index < -0.39 is 0 Å². The molecule has 1 aromatic rings. The summed E-state index contributed by atoms with van der Waals surface area (Å²) in [5.74, 6) is 0.891. The van der Waals surface area contributed by atoms with Crippen LogP contribution in [0.1, 0.15) is 24.6 Å². The summed E-state index contributed by atoms with van der Waals surface area (Å²) < 4.78 is 1.77. The second-order valence-electron chi connectivity index (χ2n) is 3.75. The zero-order chi connectivity index (χ0) is 12.1. The molecule has 0 aromatic carbocycles. The van der Waals surface area contributed by atoms with E-state index in [-0.39, 0.29) is 0 Å². The lowest BCUT2D eigenvalue weighted by Gasteiger charge is -2.22. The Balaban J connectivity index is 3.17. The van der Waals surface area contributed by atoms with Crippen LogP contribution in [0, 0.1) is 18.3 Å². The Hall–Kier alpha value is -1.76. The molecule has 0 radical (unpaired) electrons. The van der Waals surface area contributed by atoms with E-state index in [0.29, 0.717) is 5.56 Å². The lowest BCUT2D eigenvalue weighted by Crippen LogP contribution is -2.27. The molecular weight excluding hydrogens is 200 g/mol. The van der Waals surface area contributed by atoms with E-state index in [1.165, 1.54) is 0 Å². The van der Waals surface area contributed by atoms with Gasteiger partial charge in [-0.3, -0.25) is 4.68 Å². The molecule has 1 heterocycles. The van der Waals surface area contributed by atoms with Crippen LogP contribution >= 0.6 is 0 Å². The molecule has 1 aromatic heterocycles. The van der Waals surface area contributed by atoms with Gasteiger partial charge in [0.15, 0.2) is 0 Å². The predicted octanol–water partition coefficient (Wildman–Crippen LogP) is 2.00. The van der Waals surface area contributed by atoms with Crippen molar-refractivity contribution in [3.8, 4) is 6.07 Å². The Morgan fingerprint density at radius 2 is 2.31 bits per heavy atom. The average Bonchev–Trinajstić information content (AvgIpc) is 2.52. The van der Waals surface area contributed by atoms with Gasteiger partial charge in [0, 0.05) is 20.1 Å². The third-order valence-corrected chi connectivity index (χ3v) is 2.45. The number of nitrogens with zero attached hydrogens (tertiary/aromatic N) is 4. The monoisotopic (exact) mass is 218 g/mol. The van der Waals surface area contributed by atoms with Gasteiger partial charge in [-0.15, -0.1) is 6.58 Å². The molecule has 4 heteroatoms. The number of aryl methyl sites for hydroxylation is 2. The minimum atomic E-state index is 0.665. The van der Waals surface area contributed by atoms with Crippen molar-refractivity contribution in [2.45, 2.75) is 20.3 Å². The van der Waals surface area contributed by atoms with E-state index in [0.717, 1.165) is 31.0 Å². The lowest BCUT2D eigenvalue weighted by molar-refractivity contribution is 0.707. The SMILES string of the molecule is C=CCN(CCC)c1c(C#N)c(C)nn1C. The molecule has 0 spiro atoms. The minimum Gasteiger partial charge on any atom is -0.352 e. The van der Waals surface area contributed by atoms with Crippen molar-refractivity contribution in [1.29, 1.82) is 5.26 Å². The van der Waals surface area contributed by atoms with Gasteiger partial charge in [0.1, 0.15) is 17.5 Å². The van der Waals surface area contributed by atoms with E-state index in [1.54, 1.807) is 4.68 Å². The molecule has 0 bridgehead atoms. The maximum absolute atomic E-state index is 9.14. The van der Waals surface area contributed by atoms with Gasteiger partial charge in [0.05, 0.1) is 5.69 Å². The number of anilines is 1. The molecule has 0 fully saturated rings. The molecule has 0 aliphatic heterocycles. The molecule has 0 saturated heterocycles. The largest absolute Gasteiger partial charge is 0.352 e. The zero-order valence-corrected chi connectivity index (χ0v) is 10.2. The number of hydrogen-bond acceptors (Lipinski definition) is 3. The summed E-state index contributed by atoms with van der Waals surface area (Å²) in [6, 6.07) is 2.22. The van der Waals surface area contributed by atoms with E-state index in [1.807, 2.05) is 20.0 Å². The highest BCUT2D eigenvalue weighted by Crippen LogP contribution is 2.22. The van der Waals surface area contributed by atoms with E-state index in [9.17, 15) is 0 Å². The minimum absolute atomic E-state index is 0.665. The van der Waals surface area contributed by atoms with Crippen LogP contribution in [0.15, 0.2) is 12.7 Å². The molecule has 1 rings (SSSR count). The van der Waals surface area contributed by atoms with Crippen LogP contribution in [-0.2, 0) is 7.05 Å². The second-order valence-corrected chi connectivity index (χ2v) is 3.75. The third-order valence-electron chi connectivity index (χ3n) is 2.45. The number of aromatic nitrogens is 2. The molecule has 0 saturated carbocycles. The summed E-state index contributed by atoms with van der Waals surface area (Å²) in [7, 11) is 1.87. The molecular formula is C12H18N4. The molecule has 0 atom stereocenters. The Morgan fingerprint density at radius 1 is 1.62 bits per heavy atom. The van der Waals surface area contributed by atoms with Crippen LogP contribution in [-0.4, -0.2) is 22.9 Å². The fraction of sp³-hybridized carbons (Fsp3) is 0.500. The first kappa shape index (κ1) is 12.3. The predicted molar refractivity (Wildman–Crippen MR) is 65.4 cm³/mol. The quantitative estimate of drug-likeness (QED) is 0.710. The van der Waals surface area contributed by atoms with Crippen molar-refractivity contribution < 1.29 is 0 Å². The van der Waals surface area contributed by atoms with Gasteiger partial charge >= 0.3 is 0 Å². The molecule has 4 nitrogen and oxygen atoms in total. The molecule has 0 aliphatic carbocycles. The fourth-order valence-corrected chi connectivity index (χ4v) is 1.85. The molecule has 16 heavy (non-hydrogen) atoms. The normalized spacial score (nSPS) is 9.88. The summed E-state index contributed by atoms with van der Waals surface area (Å²) in [6.07, 6.45) is 2.88. The standard InChI is InChI=1S/C12H18N4/c1-5-7-16(8-6-2)12-11(9-13)10(3)14-15(12)4/h5H,1,6-8H2,2-4H3. The highest BCUT2D eigenvalue weighted by Gasteiger charge is 2.17. The summed E-state index contributed by atoms with van der Waals surface area (Å²) in [5, 5.41) is 13.4. The summed E-state index contributed by atoms with van der Waals surface area (Å²) in [5.41, 5.74) is 1.45. The van der Waals surface area contributed by atoms with Crippen LogP contribution in [0.25, 0.3) is 0 Å². The van der Waals surface area contributed by atoms with Crippen LogP contribution in [0.4, 0.5) is 5.82 Å². The molecule has 0 amide bonds. The van der Waals surface area contributed by atoms with Crippen LogP contribution in [0.3, 0.4) is 0 Å². The van der Waals surface area contributed by atoms with Gasteiger partial charge in [-0.25, -0.2) is 0 Å². The molecule has 86 valence electrons. The first-order valence-corrected chi connectivity index (χ1v) is 5.45. The van der Waals surface area contributed by atoms with E-state index in [2.05, 4.69) is 29.6 Å². The van der Waals surface area contributed by atoms with E-state index >= 15 is 0 Å². The Morgan fingerprint density at radius 3 is 2.81 bits per heavy atom. The van der Waals surface area contributed by atoms with Gasteiger partial charge < -0.3 is 4.90 Å². The van der Waals surface area contributed by atoms with Crippen LogP contribution in [0.2, 0.25) is 0 Å². The summed E-state index contributed by atoms with van der Waals surface area (Å²) >= 11 is 0. The van der Waals surface area contributed by atoms with Crippen molar-refractivity contribution in [3.63, 3.8) is 0 Å². The third kappa shape index (κ3) is 2.25. The van der Waals surface area contributed by atoms with Crippen molar-refractivity contribution >= 4 is 5.82 Å². The van der Waals surface area contributed by atoms with Gasteiger partial charge in [-0.05, 0) is 13.3 Å². The van der Waals surface area contributed by atoms with Crippen molar-refractivity contribution in [2.24, 2.45) is 7.05 Å². The zero-order valence-electron chi connectivity index (χ0n) is 10.2. The average molecular weight is 218 g/mol. The van der Waals surface area contributed by atoms with Crippen molar-refractivity contribution in [3.05, 3.63) is 23.9 Å². The topological polar surface area (TPSA) is 44.9 Å². The first-order valence-electron chi connectivity index (χ1n) is 5.45. The summed E-state index contributed by atoms with van der Waals surface area (Å²) in [6.45, 7) is 9.36. The van der Waals surface area contributed by atoms with Crippen LogP contribution < -0.4 is 4.90 Å². The highest BCUT2D eigenvalue weighted by atomic mass is 15.4. The van der Waals surface area contributed by atoms with Crippen molar-refractivity contribution in [2.75, 3.05) is 18.0 Å². The fourth-order valence-electron chi connectivity index (χ4n) is 1.85. The van der Waals surface area contributed by atoms with Gasteiger partial charge in [-0.1, -0.05) is 13.0 Å². The van der Waals surface area contributed by atoms with Gasteiger partial charge in [-0.2, -0.15) is 10.4 Å². The van der Waals surface area contributed by atoms with Gasteiger partial charge in [0.25, 0.3) is 0 Å².